The van der Waals surface area contributed by atoms with Crippen LogP contribution in [0.2, 0.25) is 0 Å². The summed E-state index contributed by atoms with van der Waals surface area (Å²) in [6, 6.07) is 4.43. The maximum absolute atomic E-state index is 14.2. The predicted molar refractivity (Wildman–Crippen MR) is 116 cm³/mol. The molecule has 6 rings (SSSR count). The van der Waals surface area contributed by atoms with Crippen LogP contribution in [0.4, 0.5) is 4.39 Å². The zero-order valence-corrected chi connectivity index (χ0v) is 17.9. The van der Waals surface area contributed by atoms with Crippen molar-refractivity contribution in [1.29, 1.82) is 0 Å². The number of rotatable bonds is 5. The second-order valence-electron chi connectivity index (χ2n) is 8.37. The SMILES string of the molecule is O=c1c2c(-c3noc(C4CCOC4)n3)ncn2c2ccc(F)cc2n1CCN1CCOCC1. The first-order chi connectivity index (χ1) is 16.2. The van der Waals surface area contributed by atoms with E-state index in [1.807, 2.05) is 0 Å². The van der Waals surface area contributed by atoms with Crippen molar-refractivity contribution >= 4 is 16.6 Å². The van der Waals surface area contributed by atoms with Gasteiger partial charge in [0.2, 0.25) is 11.7 Å². The highest BCUT2D eigenvalue weighted by atomic mass is 19.1. The topological polar surface area (TPSA) is 99.9 Å². The number of aromatic nitrogens is 5. The molecule has 0 radical (unpaired) electrons. The number of morpholine rings is 1. The molecule has 172 valence electrons. The van der Waals surface area contributed by atoms with Crippen LogP contribution >= 0.6 is 0 Å². The van der Waals surface area contributed by atoms with Gasteiger partial charge < -0.3 is 18.6 Å². The molecule has 10 nitrogen and oxygen atoms in total. The lowest BCUT2D eigenvalue weighted by Crippen LogP contribution is -2.39. The molecular weight excluding hydrogens is 431 g/mol. The van der Waals surface area contributed by atoms with E-state index in [9.17, 15) is 9.18 Å². The Morgan fingerprint density at radius 2 is 1.97 bits per heavy atom. The molecule has 11 heteroatoms. The van der Waals surface area contributed by atoms with Crippen LogP contribution in [0.25, 0.3) is 28.1 Å². The van der Waals surface area contributed by atoms with E-state index in [1.165, 1.54) is 12.1 Å². The maximum atomic E-state index is 14.2. The standard InChI is InChI=1S/C22H23FN6O4/c23-15-1-2-16-17(11-15)28(5-4-27-6-9-31-10-7-27)22(30)19-18(24-13-29(16)19)20-25-21(33-26-20)14-3-8-32-12-14/h1-2,11,13-14H,3-10,12H2. The molecule has 0 bridgehead atoms. The summed E-state index contributed by atoms with van der Waals surface area (Å²) in [5, 5.41) is 4.09. The molecule has 2 saturated heterocycles. The van der Waals surface area contributed by atoms with Gasteiger partial charge in [0.15, 0.2) is 0 Å². The normalized spacial score (nSPS) is 19.7. The molecule has 0 aliphatic carbocycles. The summed E-state index contributed by atoms with van der Waals surface area (Å²) < 4.78 is 33.7. The molecule has 0 spiro atoms. The molecule has 5 heterocycles. The zero-order chi connectivity index (χ0) is 22.4. The van der Waals surface area contributed by atoms with Crippen LogP contribution in [0.3, 0.4) is 0 Å². The van der Waals surface area contributed by atoms with E-state index in [4.69, 9.17) is 14.0 Å². The number of hydrogen-bond donors (Lipinski definition) is 0. The Kier molecular flexibility index (Phi) is 5.16. The Morgan fingerprint density at radius 1 is 1.09 bits per heavy atom. The number of halogens is 1. The highest BCUT2D eigenvalue weighted by Crippen LogP contribution is 2.27. The molecule has 0 amide bonds. The lowest BCUT2D eigenvalue weighted by atomic mass is 10.1. The largest absolute Gasteiger partial charge is 0.381 e. The van der Waals surface area contributed by atoms with E-state index < -0.39 is 5.82 Å². The van der Waals surface area contributed by atoms with Gasteiger partial charge in [-0.15, -0.1) is 0 Å². The third kappa shape index (κ3) is 3.62. The van der Waals surface area contributed by atoms with Crippen molar-refractivity contribution < 1.29 is 18.4 Å². The van der Waals surface area contributed by atoms with E-state index in [-0.39, 0.29) is 17.3 Å². The van der Waals surface area contributed by atoms with Gasteiger partial charge in [0, 0.05) is 32.8 Å². The van der Waals surface area contributed by atoms with Crippen molar-refractivity contribution in [3.63, 3.8) is 0 Å². The van der Waals surface area contributed by atoms with E-state index >= 15 is 0 Å². The fourth-order valence-electron chi connectivity index (χ4n) is 4.57. The monoisotopic (exact) mass is 454 g/mol. The smallest absolute Gasteiger partial charge is 0.277 e. The molecular formula is C22H23FN6O4. The summed E-state index contributed by atoms with van der Waals surface area (Å²) >= 11 is 0. The second-order valence-corrected chi connectivity index (χ2v) is 8.37. The van der Waals surface area contributed by atoms with Crippen LogP contribution in [-0.2, 0) is 16.0 Å². The number of ether oxygens (including phenoxy) is 2. The summed E-state index contributed by atoms with van der Waals surface area (Å²) in [7, 11) is 0. The van der Waals surface area contributed by atoms with E-state index in [2.05, 4.69) is 20.0 Å². The first kappa shape index (κ1) is 20.5. The Balaban J connectivity index is 1.46. The van der Waals surface area contributed by atoms with Gasteiger partial charge >= 0.3 is 0 Å². The quantitative estimate of drug-likeness (QED) is 0.449. The molecule has 1 atom stereocenters. The van der Waals surface area contributed by atoms with Gasteiger partial charge in [-0.05, 0) is 24.6 Å². The molecule has 1 unspecified atom stereocenters. The Hall–Kier alpha value is -3.15. The van der Waals surface area contributed by atoms with E-state index in [1.54, 1.807) is 21.4 Å². The van der Waals surface area contributed by atoms with Crippen molar-refractivity contribution in [2.24, 2.45) is 0 Å². The van der Waals surface area contributed by atoms with Crippen molar-refractivity contribution in [2.75, 3.05) is 46.1 Å². The van der Waals surface area contributed by atoms with Gasteiger partial charge in [0.05, 0.1) is 36.8 Å². The summed E-state index contributed by atoms with van der Waals surface area (Å²) in [6.07, 6.45) is 2.36. The molecule has 4 aromatic rings. The first-order valence-corrected chi connectivity index (χ1v) is 11.1. The molecule has 0 saturated carbocycles. The second kappa shape index (κ2) is 8.32. The summed E-state index contributed by atoms with van der Waals surface area (Å²) in [5.41, 5.74) is 1.61. The number of imidazole rings is 1. The van der Waals surface area contributed by atoms with E-state index in [0.717, 1.165) is 19.5 Å². The Bertz CT molecular complexity index is 1370. The van der Waals surface area contributed by atoms with Gasteiger partial charge in [-0.2, -0.15) is 4.98 Å². The minimum Gasteiger partial charge on any atom is -0.381 e. The first-order valence-electron chi connectivity index (χ1n) is 11.1. The minimum atomic E-state index is -0.400. The van der Waals surface area contributed by atoms with Gasteiger partial charge in [0.25, 0.3) is 5.56 Å². The Morgan fingerprint density at radius 3 is 2.79 bits per heavy atom. The summed E-state index contributed by atoms with van der Waals surface area (Å²) in [5.74, 6) is 0.397. The number of nitrogens with zero attached hydrogens (tertiary/aromatic N) is 6. The van der Waals surface area contributed by atoms with Gasteiger partial charge in [-0.25, -0.2) is 9.37 Å². The van der Waals surface area contributed by atoms with Crippen LogP contribution in [0.5, 0.6) is 0 Å². The predicted octanol–water partition coefficient (Wildman–Crippen LogP) is 1.67. The van der Waals surface area contributed by atoms with Crippen LogP contribution < -0.4 is 5.56 Å². The van der Waals surface area contributed by atoms with Crippen LogP contribution in [-0.4, -0.2) is 75.1 Å². The molecule has 3 aromatic heterocycles. The Labute approximate surface area is 187 Å². The van der Waals surface area contributed by atoms with Gasteiger partial charge in [0.1, 0.15) is 23.4 Å². The molecule has 0 N–H and O–H groups in total. The minimum absolute atomic E-state index is 0.0501. The average Bonchev–Trinajstić information content (AvgIpc) is 3.59. The lowest BCUT2D eigenvalue weighted by Gasteiger charge is -2.27. The molecule has 2 aliphatic rings. The van der Waals surface area contributed by atoms with Gasteiger partial charge in [-0.3, -0.25) is 14.1 Å². The molecule has 1 aromatic carbocycles. The zero-order valence-electron chi connectivity index (χ0n) is 17.9. The fraction of sp³-hybridized carbons (Fsp3) is 0.455. The molecule has 2 aliphatic heterocycles. The number of hydrogen-bond acceptors (Lipinski definition) is 8. The lowest BCUT2D eigenvalue weighted by molar-refractivity contribution is 0.0364. The summed E-state index contributed by atoms with van der Waals surface area (Å²) in [4.78, 5) is 24.9. The van der Waals surface area contributed by atoms with Gasteiger partial charge in [-0.1, -0.05) is 5.16 Å². The third-order valence-electron chi connectivity index (χ3n) is 6.38. The highest BCUT2D eigenvalue weighted by molar-refractivity contribution is 5.83. The fourth-order valence-corrected chi connectivity index (χ4v) is 4.57. The van der Waals surface area contributed by atoms with Crippen molar-refractivity contribution in [3.05, 3.63) is 46.6 Å². The number of fused-ring (bicyclic) bond motifs is 3. The third-order valence-corrected chi connectivity index (χ3v) is 6.38. The van der Waals surface area contributed by atoms with Crippen LogP contribution in [0.1, 0.15) is 18.2 Å². The van der Waals surface area contributed by atoms with E-state index in [0.29, 0.717) is 67.7 Å². The highest BCUT2D eigenvalue weighted by Gasteiger charge is 2.26. The van der Waals surface area contributed by atoms with Crippen molar-refractivity contribution in [2.45, 2.75) is 18.9 Å². The van der Waals surface area contributed by atoms with Crippen molar-refractivity contribution in [3.8, 4) is 11.5 Å². The summed E-state index contributed by atoms with van der Waals surface area (Å²) in [6.45, 7) is 5.21. The van der Waals surface area contributed by atoms with Crippen LogP contribution in [0, 0.1) is 5.82 Å². The maximum Gasteiger partial charge on any atom is 0.277 e. The van der Waals surface area contributed by atoms with Crippen LogP contribution in [0.15, 0.2) is 33.8 Å². The number of benzene rings is 1. The average molecular weight is 454 g/mol. The molecule has 33 heavy (non-hydrogen) atoms. The van der Waals surface area contributed by atoms with Crippen molar-refractivity contribution in [1.82, 2.24) is 29.0 Å². The molecule has 2 fully saturated rings.